The predicted octanol–water partition coefficient (Wildman–Crippen LogP) is 1.88. The molecule has 0 aliphatic rings. The fraction of sp³-hybridized carbons (Fsp3) is 0.273. The van der Waals surface area contributed by atoms with E-state index in [-0.39, 0.29) is 25.3 Å². The summed E-state index contributed by atoms with van der Waals surface area (Å²) >= 11 is 11.7. The maximum absolute atomic E-state index is 11.3. The number of hydrogen-bond acceptors (Lipinski definition) is 2. The second-order valence-corrected chi connectivity index (χ2v) is 4.32. The molecule has 1 rings (SSSR count). The van der Waals surface area contributed by atoms with Gasteiger partial charge in [-0.05, 0) is 23.8 Å². The molecule has 0 spiro atoms. The summed E-state index contributed by atoms with van der Waals surface area (Å²) in [7, 11) is 0. The lowest BCUT2D eigenvalue weighted by Gasteiger charge is -2.06. The van der Waals surface area contributed by atoms with Gasteiger partial charge in [-0.25, -0.2) is 0 Å². The van der Waals surface area contributed by atoms with Crippen LogP contribution in [-0.4, -0.2) is 11.8 Å². The number of amides is 2. The molecular weight excluding hydrogens is 263 g/mol. The Balaban J connectivity index is 2.47. The summed E-state index contributed by atoms with van der Waals surface area (Å²) < 4.78 is 0. The van der Waals surface area contributed by atoms with Gasteiger partial charge in [0.25, 0.3) is 0 Å². The number of nitrogens with two attached hydrogens (primary N) is 1. The highest BCUT2D eigenvalue weighted by atomic mass is 35.5. The number of primary amides is 1. The van der Waals surface area contributed by atoms with E-state index in [0.717, 1.165) is 5.56 Å². The predicted molar refractivity (Wildman–Crippen MR) is 66.7 cm³/mol. The lowest BCUT2D eigenvalue weighted by atomic mass is 10.2. The molecule has 0 atom stereocenters. The van der Waals surface area contributed by atoms with Crippen molar-refractivity contribution in [1.82, 2.24) is 5.32 Å². The highest BCUT2D eigenvalue weighted by molar-refractivity contribution is 6.33. The first-order chi connectivity index (χ1) is 7.99. The summed E-state index contributed by atoms with van der Waals surface area (Å²) in [5.74, 6) is -0.749. The van der Waals surface area contributed by atoms with E-state index in [9.17, 15) is 9.59 Å². The number of benzene rings is 1. The molecular formula is C11H12Cl2N2O2. The Bertz CT molecular complexity index is 435. The zero-order valence-corrected chi connectivity index (χ0v) is 10.5. The zero-order chi connectivity index (χ0) is 12.8. The molecule has 0 heterocycles. The molecule has 2 amide bonds. The van der Waals surface area contributed by atoms with Crippen molar-refractivity contribution >= 4 is 35.0 Å². The van der Waals surface area contributed by atoms with Crippen molar-refractivity contribution in [3.05, 3.63) is 33.8 Å². The van der Waals surface area contributed by atoms with Crippen molar-refractivity contribution < 1.29 is 9.59 Å². The Labute approximate surface area is 109 Å². The third-order valence-corrected chi connectivity index (χ3v) is 2.69. The fourth-order valence-corrected chi connectivity index (χ4v) is 1.58. The molecule has 1 aromatic rings. The van der Waals surface area contributed by atoms with Gasteiger partial charge in [-0.15, -0.1) is 0 Å². The quantitative estimate of drug-likeness (QED) is 0.861. The van der Waals surface area contributed by atoms with Crippen LogP contribution < -0.4 is 11.1 Å². The fourth-order valence-electron chi connectivity index (χ4n) is 1.20. The van der Waals surface area contributed by atoms with Crippen LogP contribution in [0, 0.1) is 0 Å². The monoisotopic (exact) mass is 274 g/mol. The first-order valence-corrected chi connectivity index (χ1v) is 5.73. The number of rotatable bonds is 5. The molecule has 0 saturated carbocycles. The second kappa shape index (κ2) is 6.47. The molecule has 92 valence electrons. The van der Waals surface area contributed by atoms with Crippen molar-refractivity contribution in [1.29, 1.82) is 0 Å². The van der Waals surface area contributed by atoms with Gasteiger partial charge >= 0.3 is 0 Å². The molecule has 6 heteroatoms. The van der Waals surface area contributed by atoms with Crippen LogP contribution in [0.15, 0.2) is 18.2 Å². The summed E-state index contributed by atoms with van der Waals surface area (Å²) in [5, 5.41) is 3.72. The van der Waals surface area contributed by atoms with E-state index in [1.807, 2.05) is 0 Å². The van der Waals surface area contributed by atoms with Crippen LogP contribution in [0.1, 0.15) is 18.4 Å². The molecule has 0 radical (unpaired) electrons. The number of carbonyl (C=O) groups is 2. The average molecular weight is 275 g/mol. The molecule has 0 aliphatic heterocycles. The Hall–Kier alpha value is -1.26. The van der Waals surface area contributed by atoms with Crippen LogP contribution in [0.5, 0.6) is 0 Å². The smallest absolute Gasteiger partial charge is 0.220 e. The van der Waals surface area contributed by atoms with Gasteiger partial charge < -0.3 is 11.1 Å². The summed E-state index contributed by atoms with van der Waals surface area (Å²) in [4.78, 5) is 21.8. The molecule has 0 unspecified atom stereocenters. The topological polar surface area (TPSA) is 72.2 Å². The Morgan fingerprint density at radius 1 is 1.24 bits per heavy atom. The molecule has 0 bridgehead atoms. The minimum atomic E-state index is -0.499. The molecule has 17 heavy (non-hydrogen) atoms. The molecule has 1 aromatic carbocycles. The van der Waals surface area contributed by atoms with Gasteiger partial charge in [0, 0.05) is 29.4 Å². The van der Waals surface area contributed by atoms with Gasteiger partial charge in [-0.1, -0.05) is 23.2 Å². The first-order valence-electron chi connectivity index (χ1n) is 4.98. The van der Waals surface area contributed by atoms with E-state index >= 15 is 0 Å². The highest BCUT2D eigenvalue weighted by Crippen LogP contribution is 2.20. The van der Waals surface area contributed by atoms with E-state index in [2.05, 4.69) is 5.32 Å². The van der Waals surface area contributed by atoms with Gasteiger partial charge in [0.1, 0.15) is 0 Å². The van der Waals surface area contributed by atoms with Crippen molar-refractivity contribution in [2.75, 3.05) is 0 Å². The maximum Gasteiger partial charge on any atom is 0.220 e. The van der Waals surface area contributed by atoms with Crippen molar-refractivity contribution in [3.8, 4) is 0 Å². The van der Waals surface area contributed by atoms with Gasteiger partial charge in [-0.2, -0.15) is 0 Å². The lowest BCUT2D eigenvalue weighted by Crippen LogP contribution is -2.24. The van der Waals surface area contributed by atoms with E-state index in [1.54, 1.807) is 18.2 Å². The standard InChI is InChI=1S/C11H12Cl2N2O2/c12-8-1-2-9(13)7(5-8)6-15-11(17)4-3-10(14)16/h1-2,5H,3-4,6H2,(H2,14,16)(H,15,17). The van der Waals surface area contributed by atoms with E-state index in [1.165, 1.54) is 0 Å². The van der Waals surface area contributed by atoms with Crippen LogP contribution >= 0.6 is 23.2 Å². The Morgan fingerprint density at radius 2 is 1.94 bits per heavy atom. The Kier molecular flexibility index (Phi) is 5.25. The molecule has 3 N–H and O–H groups in total. The molecule has 0 saturated heterocycles. The summed E-state index contributed by atoms with van der Waals surface area (Å²) in [6.45, 7) is 0.275. The van der Waals surface area contributed by atoms with Gasteiger partial charge in [0.15, 0.2) is 0 Å². The van der Waals surface area contributed by atoms with Gasteiger partial charge in [-0.3, -0.25) is 9.59 Å². The van der Waals surface area contributed by atoms with Crippen LogP contribution in [0.3, 0.4) is 0 Å². The van der Waals surface area contributed by atoms with E-state index < -0.39 is 5.91 Å². The molecule has 0 fully saturated rings. The summed E-state index contributed by atoms with van der Waals surface area (Å²) in [6.07, 6.45) is 0.114. The number of nitrogens with one attached hydrogen (secondary N) is 1. The van der Waals surface area contributed by atoms with E-state index in [0.29, 0.717) is 10.0 Å². The third kappa shape index (κ3) is 5.06. The zero-order valence-electron chi connectivity index (χ0n) is 9.00. The average Bonchev–Trinajstić information content (AvgIpc) is 2.27. The largest absolute Gasteiger partial charge is 0.370 e. The SMILES string of the molecule is NC(=O)CCC(=O)NCc1cc(Cl)ccc1Cl. The lowest BCUT2D eigenvalue weighted by molar-refractivity contribution is -0.125. The molecule has 0 aliphatic carbocycles. The van der Waals surface area contributed by atoms with Gasteiger partial charge in [0.2, 0.25) is 11.8 Å². The normalized spacial score (nSPS) is 10.0. The van der Waals surface area contributed by atoms with Crippen LogP contribution in [0.2, 0.25) is 10.0 Å². The number of halogens is 2. The molecule has 4 nitrogen and oxygen atoms in total. The van der Waals surface area contributed by atoms with Crippen molar-refractivity contribution in [2.45, 2.75) is 19.4 Å². The van der Waals surface area contributed by atoms with Crippen LogP contribution in [-0.2, 0) is 16.1 Å². The van der Waals surface area contributed by atoms with Crippen molar-refractivity contribution in [3.63, 3.8) is 0 Å². The van der Waals surface area contributed by atoms with Crippen LogP contribution in [0.25, 0.3) is 0 Å². The Morgan fingerprint density at radius 3 is 2.59 bits per heavy atom. The van der Waals surface area contributed by atoms with Gasteiger partial charge in [0.05, 0.1) is 0 Å². The van der Waals surface area contributed by atoms with E-state index in [4.69, 9.17) is 28.9 Å². The van der Waals surface area contributed by atoms with Crippen molar-refractivity contribution in [2.24, 2.45) is 5.73 Å². The number of carbonyl (C=O) groups excluding carboxylic acids is 2. The maximum atomic E-state index is 11.3. The molecule has 0 aromatic heterocycles. The second-order valence-electron chi connectivity index (χ2n) is 3.48. The minimum absolute atomic E-state index is 0.0368. The highest BCUT2D eigenvalue weighted by Gasteiger charge is 2.06. The summed E-state index contributed by atoms with van der Waals surface area (Å²) in [6, 6.07) is 5.01. The number of hydrogen-bond donors (Lipinski definition) is 2. The first kappa shape index (κ1) is 13.8. The summed E-state index contributed by atoms with van der Waals surface area (Å²) in [5.41, 5.74) is 5.66. The van der Waals surface area contributed by atoms with Crippen LogP contribution in [0.4, 0.5) is 0 Å². The minimum Gasteiger partial charge on any atom is -0.370 e. The third-order valence-electron chi connectivity index (χ3n) is 2.08.